The van der Waals surface area contributed by atoms with Crippen LogP contribution in [-0.4, -0.2) is 27.6 Å². The molecule has 0 radical (unpaired) electrons. The van der Waals surface area contributed by atoms with Gasteiger partial charge in [0.1, 0.15) is 23.9 Å². The predicted octanol–water partition coefficient (Wildman–Crippen LogP) is 4.89. The Morgan fingerprint density at radius 2 is 1.97 bits per heavy atom. The van der Waals surface area contributed by atoms with Crippen LogP contribution in [0.3, 0.4) is 0 Å². The average molecular weight is 468 g/mol. The minimum Gasteiger partial charge on any atom is -0.486 e. The van der Waals surface area contributed by atoms with Gasteiger partial charge in [-0.25, -0.2) is 14.8 Å². The van der Waals surface area contributed by atoms with E-state index in [1.54, 1.807) is 30.5 Å². The van der Waals surface area contributed by atoms with Crippen molar-refractivity contribution in [1.29, 1.82) is 0 Å². The molecule has 30 heavy (non-hydrogen) atoms. The number of carbonyl (C=O) groups is 1. The molecule has 0 bridgehead atoms. The van der Waals surface area contributed by atoms with E-state index in [4.69, 9.17) is 14.2 Å². The number of nitrogens with zero attached hydrogens (tertiary/aromatic N) is 3. The summed E-state index contributed by atoms with van der Waals surface area (Å²) in [7, 11) is 3.26. The summed E-state index contributed by atoms with van der Waals surface area (Å²) < 4.78 is 19.2. The molecular formula is C22H18BrN3O4. The van der Waals surface area contributed by atoms with E-state index in [9.17, 15) is 4.79 Å². The molecule has 0 fully saturated rings. The van der Waals surface area contributed by atoms with Crippen molar-refractivity contribution < 1.29 is 19.0 Å². The zero-order chi connectivity index (χ0) is 21.1. The summed E-state index contributed by atoms with van der Waals surface area (Å²) in [5, 5.41) is 0. The normalized spacial score (nSPS) is 10.8. The van der Waals surface area contributed by atoms with Gasteiger partial charge in [-0.2, -0.15) is 0 Å². The molecule has 7 nitrogen and oxygen atoms in total. The van der Waals surface area contributed by atoms with Crippen LogP contribution in [0.15, 0.2) is 65.3 Å². The van der Waals surface area contributed by atoms with Crippen LogP contribution < -0.4 is 9.47 Å². The number of carbonyl (C=O) groups excluding carboxylic acids is 1. The Morgan fingerprint density at radius 1 is 1.10 bits per heavy atom. The Hall–Kier alpha value is -3.39. The monoisotopic (exact) mass is 467 g/mol. The number of ether oxygens (including phenoxy) is 3. The molecule has 0 atom stereocenters. The highest BCUT2D eigenvalue weighted by Crippen LogP contribution is 2.29. The van der Waals surface area contributed by atoms with E-state index in [1.165, 1.54) is 7.11 Å². The highest BCUT2D eigenvalue weighted by molar-refractivity contribution is 9.10. The van der Waals surface area contributed by atoms with Gasteiger partial charge in [0.15, 0.2) is 0 Å². The second kappa shape index (κ2) is 8.54. The van der Waals surface area contributed by atoms with E-state index < -0.39 is 5.97 Å². The number of hydrogen-bond acceptors (Lipinski definition) is 6. The molecule has 4 aromatic rings. The van der Waals surface area contributed by atoms with E-state index in [1.807, 2.05) is 41.9 Å². The highest BCUT2D eigenvalue weighted by Gasteiger charge is 2.12. The molecule has 0 aliphatic rings. The summed E-state index contributed by atoms with van der Waals surface area (Å²) in [5.74, 6) is 2.05. The van der Waals surface area contributed by atoms with Crippen LogP contribution in [0, 0.1) is 0 Å². The molecule has 0 saturated heterocycles. The fourth-order valence-electron chi connectivity index (χ4n) is 2.95. The number of esters is 1. The third-order valence-electron chi connectivity index (χ3n) is 4.51. The van der Waals surface area contributed by atoms with Crippen molar-refractivity contribution in [2.24, 2.45) is 7.05 Å². The number of rotatable bonds is 6. The summed E-state index contributed by atoms with van der Waals surface area (Å²) in [5.41, 5.74) is 2.16. The standard InChI is InChI=1S/C22H18BrN3O4/c1-26-19-12-16(30-21-17(23)7-4-10-24-21)8-9-18(19)25-20(26)13-29-15-6-3-5-14(11-15)22(27)28-2/h3-12H,13H2,1-2H3. The second-order valence-electron chi connectivity index (χ2n) is 6.44. The minimum atomic E-state index is -0.407. The van der Waals surface area contributed by atoms with E-state index in [2.05, 4.69) is 25.9 Å². The molecule has 0 amide bonds. The molecule has 0 aliphatic carbocycles. The van der Waals surface area contributed by atoms with Crippen molar-refractivity contribution in [2.75, 3.05) is 7.11 Å². The largest absolute Gasteiger partial charge is 0.486 e. The smallest absolute Gasteiger partial charge is 0.337 e. The van der Waals surface area contributed by atoms with Gasteiger partial charge in [0.2, 0.25) is 5.88 Å². The third-order valence-corrected chi connectivity index (χ3v) is 5.11. The highest BCUT2D eigenvalue weighted by atomic mass is 79.9. The number of aryl methyl sites for hydroxylation is 1. The first kappa shape index (κ1) is 19.9. The number of hydrogen-bond donors (Lipinski definition) is 0. The molecule has 8 heteroatoms. The summed E-state index contributed by atoms with van der Waals surface area (Å²) in [4.78, 5) is 20.5. The zero-order valence-corrected chi connectivity index (χ0v) is 17.9. The lowest BCUT2D eigenvalue weighted by atomic mass is 10.2. The van der Waals surface area contributed by atoms with Crippen LogP contribution in [0.5, 0.6) is 17.4 Å². The lowest BCUT2D eigenvalue weighted by molar-refractivity contribution is 0.0600. The average Bonchev–Trinajstić information content (AvgIpc) is 3.08. The summed E-state index contributed by atoms with van der Waals surface area (Å²) in [6.45, 7) is 0.248. The van der Waals surface area contributed by atoms with Crippen molar-refractivity contribution in [3.05, 3.63) is 76.7 Å². The second-order valence-corrected chi connectivity index (χ2v) is 7.29. The van der Waals surface area contributed by atoms with Crippen LogP contribution in [0.4, 0.5) is 0 Å². The van der Waals surface area contributed by atoms with Crippen molar-refractivity contribution in [2.45, 2.75) is 6.61 Å². The molecular weight excluding hydrogens is 450 g/mol. The van der Waals surface area contributed by atoms with Crippen LogP contribution in [0.25, 0.3) is 11.0 Å². The third kappa shape index (κ3) is 4.13. The predicted molar refractivity (Wildman–Crippen MR) is 115 cm³/mol. The number of benzene rings is 2. The van der Waals surface area contributed by atoms with Crippen molar-refractivity contribution in [3.63, 3.8) is 0 Å². The van der Waals surface area contributed by atoms with Gasteiger partial charge in [0, 0.05) is 19.3 Å². The van der Waals surface area contributed by atoms with Crippen molar-refractivity contribution >= 4 is 32.9 Å². The van der Waals surface area contributed by atoms with Gasteiger partial charge in [-0.3, -0.25) is 0 Å². The summed E-state index contributed by atoms with van der Waals surface area (Å²) in [6, 6.07) is 16.2. The minimum absolute atomic E-state index is 0.248. The maximum absolute atomic E-state index is 11.7. The molecule has 2 heterocycles. The molecule has 0 aliphatic heterocycles. The first-order chi connectivity index (χ1) is 14.5. The number of imidazole rings is 1. The van der Waals surface area contributed by atoms with Crippen molar-refractivity contribution in [3.8, 4) is 17.4 Å². The Kier molecular flexibility index (Phi) is 5.67. The number of halogens is 1. The van der Waals surface area contributed by atoms with Gasteiger partial charge in [-0.05, 0) is 58.4 Å². The van der Waals surface area contributed by atoms with E-state index in [-0.39, 0.29) is 6.61 Å². The lowest BCUT2D eigenvalue weighted by Gasteiger charge is -2.08. The first-order valence-electron chi connectivity index (χ1n) is 9.10. The fraction of sp³-hybridized carbons (Fsp3) is 0.136. The molecule has 4 rings (SSSR count). The van der Waals surface area contributed by atoms with Crippen LogP contribution in [0.2, 0.25) is 0 Å². The Morgan fingerprint density at radius 3 is 2.77 bits per heavy atom. The van der Waals surface area contributed by atoms with Gasteiger partial charge in [0.25, 0.3) is 0 Å². The number of fused-ring (bicyclic) bond motifs is 1. The Labute approximate surface area is 181 Å². The molecule has 2 aromatic heterocycles. The zero-order valence-electron chi connectivity index (χ0n) is 16.3. The van der Waals surface area contributed by atoms with Gasteiger partial charge in [0.05, 0.1) is 28.2 Å². The van der Waals surface area contributed by atoms with Crippen molar-refractivity contribution in [1.82, 2.24) is 14.5 Å². The lowest BCUT2D eigenvalue weighted by Crippen LogP contribution is -2.05. The number of pyridine rings is 1. The summed E-state index contributed by atoms with van der Waals surface area (Å²) >= 11 is 3.43. The maximum atomic E-state index is 11.7. The number of aromatic nitrogens is 3. The Bertz CT molecular complexity index is 1220. The molecule has 0 spiro atoms. The number of methoxy groups -OCH3 is 1. The quantitative estimate of drug-likeness (QED) is 0.375. The molecule has 0 unspecified atom stereocenters. The molecule has 2 aromatic carbocycles. The molecule has 152 valence electrons. The SMILES string of the molecule is COC(=O)c1cccc(OCc2nc3ccc(Oc4ncccc4Br)cc3n2C)c1. The fourth-order valence-corrected chi connectivity index (χ4v) is 3.28. The van der Waals surface area contributed by atoms with E-state index >= 15 is 0 Å². The van der Waals surface area contributed by atoms with Crippen LogP contribution >= 0.6 is 15.9 Å². The molecule has 0 N–H and O–H groups in total. The maximum Gasteiger partial charge on any atom is 0.337 e. The van der Waals surface area contributed by atoms with E-state index in [0.717, 1.165) is 21.3 Å². The topological polar surface area (TPSA) is 75.5 Å². The van der Waals surface area contributed by atoms with Gasteiger partial charge in [-0.15, -0.1) is 0 Å². The first-order valence-corrected chi connectivity index (χ1v) is 9.89. The Balaban J connectivity index is 1.54. The van der Waals surface area contributed by atoms with Gasteiger partial charge in [-0.1, -0.05) is 6.07 Å². The van der Waals surface area contributed by atoms with Gasteiger partial charge >= 0.3 is 5.97 Å². The summed E-state index contributed by atoms with van der Waals surface area (Å²) in [6.07, 6.45) is 1.67. The van der Waals surface area contributed by atoms with Crippen LogP contribution in [0.1, 0.15) is 16.2 Å². The van der Waals surface area contributed by atoms with Gasteiger partial charge < -0.3 is 18.8 Å². The molecule has 0 saturated carbocycles. The van der Waals surface area contributed by atoms with Crippen LogP contribution in [-0.2, 0) is 18.4 Å². The van der Waals surface area contributed by atoms with E-state index in [0.29, 0.717) is 22.9 Å².